The fourth-order valence-corrected chi connectivity index (χ4v) is 3.56. The van der Waals surface area contributed by atoms with Gasteiger partial charge in [-0.05, 0) is 18.9 Å². The zero-order valence-electron chi connectivity index (χ0n) is 15.4. The maximum atomic E-state index is 12.9. The molecule has 3 heterocycles. The van der Waals surface area contributed by atoms with Crippen molar-refractivity contribution in [2.45, 2.75) is 18.8 Å². The molecule has 2 aromatic heterocycles. The van der Waals surface area contributed by atoms with Crippen molar-refractivity contribution in [2.75, 3.05) is 18.5 Å². The number of nitrogens with one attached hydrogen (secondary N) is 1. The second-order valence-electron chi connectivity index (χ2n) is 6.92. The molecule has 0 spiro atoms. The van der Waals surface area contributed by atoms with Gasteiger partial charge in [0.15, 0.2) is 0 Å². The van der Waals surface area contributed by atoms with Gasteiger partial charge in [0.1, 0.15) is 5.82 Å². The highest BCUT2D eigenvalue weighted by molar-refractivity contribution is 6.12. The fraction of sp³-hybridized carbons (Fsp3) is 0.350. The standard InChI is InChI=1S/C20H22N4O3/c1-23-17-8-4-3-7-14(17)15(10-19(23)25)20(26)21-18-11-16(22-24(18)2)13-6-5-9-27-12-13/h3-4,7-8,10-11,13H,5-6,9,12H2,1-2H3,(H,21,26). The van der Waals surface area contributed by atoms with Gasteiger partial charge in [0.25, 0.3) is 11.5 Å². The first-order chi connectivity index (χ1) is 13.0. The molecule has 0 saturated carbocycles. The molecule has 1 unspecified atom stereocenters. The number of para-hydroxylation sites is 1. The van der Waals surface area contributed by atoms with E-state index in [0.717, 1.165) is 36.0 Å². The molecule has 1 aromatic carbocycles. The summed E-state index contributed by atoms with van der Waals surface area (Å²) in [6, 6.07) is 10.7. The summed E-state index contributed by atoms with van der Waals surface area (Å²) in [6.07, 6.45) is 2.05. The van der Waals surface area contributed by atoms with Crippen LogP contribution in [-0.2, 0) is 18.8 Å². The van der Waals surface area contributed by atoms with E-state index in [9.17, 15) is 9.59 Å². The van der Waals surface area contributed by atoms with Crippen molar-refractivity contribution in [3.8, 4) is 0 Å². The number of aryl methyl sites for hydroxylation is 2. The number of pyridine rings is 1. The Morgan fingerprint density at radius 1 is 1.26 bits per heavy atom. The van der Waals surface area contributed by atoms with Gasteiger partial charge in [-0.15, -0.1) is 0 Å². The van der Waals surface area contributed by atoms with Crippen LogP contribution in [0.4, 0.5) is 5.82 Å². The van der Waals surface area contributed by atoms with Crippen molar-refractivity contribution in [1.82, 2.24) is 14.3 Å². The fourth-order valence-electron chi connectivity index (χ4n) is 3.56. The highest BCUT2D eigenvalue weighted by atomic mass is 16.5. The monoisotopic (exact) mass is 366 g/mol. The van der Waals surface area contributed by atoms with Gasteiger partial charge in [-0.25, -0.2) is 0 Å². The van der Waals surface area contributed by atoms with Crippen molar-refractivity contribution >= 4 is 22.6 Å². The molecule has 1 aliphatic heterocycles. The van der Waals surface area contributed by atoms with Crippen LogP contribution < -0.4 is 10.9 Å². The lowest BCUT2D eigenvalue weighted by atomic mass is 9.99. The summed E-state index contributed by atoms with van der Waals surface area (Å²) in [6.45, 7) is 1.45. The molecule has 3 aromatic rings. The minimum Gasteiger partial charge on any atom is -0.381 e. The van der Waals surface area contributed by atoms with Gasteiger partial charge in [-0.1, -0.05) is 18.2 Å². The molecule has 1 fully saturated rings. The SMILES string of the molecule is Cn1nc(C2CCCOC2)cc1NC(=O)c1cc(=O)n(C)c2ccccc12. The number of hydrogen-bond donors (Lipinski definition) is 1. The highest BCUT2D eigenvalue weighted by Gasteiger charge is 2.21. The number of carbonyl (C=O) groups excluding carboxylic acids is 1. The molecule has 7 nitrogen and oxygen atoms in total. The minimum absolute atomic E-state index is 0.219. The maximum absolute atomic E-state index is 12.9. The number of fused-ring (bicyclic) bond motifs is 1. The van der Waals surface area contributed by atoms with Crippen LogP contribution in [0, 0.1) is 0 Å². The number of benzene rings is 1. The number of anilines is 1. The normalized spacial score (nSPS) is 17.2. The Labute approximate surface area is 156 Å². The van der Waals surface area contributed by atoms with Crippen molar-refractivity contribution in [2.24, 2.45) is 14.1 Å². The van der Waals surface area contributed by atoms with E-state index in [-0.39, 0.29) is 17.4 Å². The Morgan fingerprint density at radius 3 is 2.85 bits per heavy atom. The van der Waals surface area contributed by atoms with Crippen molar-refractivity contribution in [3.05, 3.63) is 58.0 Å². The van der Waals surface area contributed by atoms with Gasteiger partial charge < -0.3 is 14.6 Å². The van der Waals surface area contributed by atoms with E-state index in [1.165, 1.54) is 10.6 Å². The topological polar surface area (TPSA) is 78.2 Å². The van der Waals surface area contributed by atoms with Gasteiger partial charge in [0, 0.05) is 44.1 Å². The molecule has 27 heavy (non-hydrogen) atoms. The van der Waals surface area contributed by atoms with E-state index in [0.29, 0.717) is 18.0 Å². The molecule has 1 saturated heterocycles. The maximum Gasteiger partial charge on any atom is 0.257 e. The number of nitrogens with zero attached hydrogens (tertiary/aromatic N) is 3. The van der Waals surface area contributed by atoms with E-state index in [4.69, 9.17) is 4.74 Å². The van der Waals surface area contributed by atoms with Gasteiger partial charge in [-0.2, -0.15) is 5.10 Å². The summed E-state index contributed by atoms with van der Waals surface area (Å²) < 4.78 is 8.73. The van der Waals surface area contributed by atoms with Crippen LogP contribution in [0.5, 0.6) is 0 Å². The first-order valence-corrected chi connectivity index (χ1v) is 9.06. The van der Waals surface area contributed by atoms with Crippen LogP contribution in [0.15, 0.2) is 41.2 Å². The summed E-state index contributed by atoms with van der Waals surface area (Å²) in [5.41, 5.74) is 1.78. The average Bonchev–Trinajstić information content (AvgIpc) is 3.06. The Bertz CT molecular complexity index is 1060. The second-order valence-corrected chi connectivity index (χ2v) is 6.92. The van der Waals surface area contributed by atoms with Crippen molar-refractivity contribution in [3.63, 3.8) is 0 Å². The average molecular weight is 366 g/mol. The van der Waals surface area contributed by atoms with Crippen LogP contribution in [0.3, 0.4) is 0 Å². The van der Waals surface area contributed by atoms with Gasteiger partial charge in [0.05, 0.1) is 23.4 Å². The number of ether oxygens (including phenoxy) is 1. The third kappa shape index (κ3) is 3.26. The lowest BCUT2D eigenvalue weighted by molar-refractivity contribution is 0.0791. The van der Waals surface area contributed by atoms with Crippen LogP contribution in [0.1, 0.15) is 34.8 Å². The molecule has 0 aliphatic carbocycles. The summed E-state index contributed by atoms with van der Waals surface area (Å²) in [7, 11) is 3.50. The Morgan fingerprint density at radius 2 is 2.07 bits per heavy atom. The van der Waals surface area contributed by atoms with Crippen molar-refractivity contribution < 1.29 is 9.53 Å². The Balaban J connectivity index is 1.65. The first-order valence-electron chi connectivity index (χ1n) is 9.06. The van der Waals surface area contributed by atoms with Crippen LogP contribution in [0.2, 0.25) is 0 Å². The van der Waals surface area contributed by atoms with Crippen LogP contribution in [0.25, 0.3) is 10.9 Å². The van der Waals surface area contributed by atoms with E-state index in [1.807, 2.05) is 30.3 Å². The van der Waals surface area contributed by atoms with Crippen molar-refractivity contribution in [1.29, 1.82) is 0 Å². The molecule has 0 bridgehead atoms. The third-order valence-electron chi connectivity index (χ3n) is 5.12. The number of hydrogen-bond acceptors (Lipinski definition) is 4. The van der Waals surface area contributed by atoms with Gasteiger partial charge in [0.2, 0.25) is 0 Å². The molecule has 1 amide bonds. The molecule has 140 valence electrons. The lowest BCUT2D eigenvalue weighted by Gasteiger charge is -2.19. The van der Waals surface area contributed by atoms with E-state index in [1.54, 1.807) is 18.8 Å². The highest BCUT2D eigenvalue weighted by Crippen LogP contribution is 2.26. The smallest absolute Gasteiger partial charge is 0.257 e. The van der Waals surface area contributed by atoms with Gasteiger partial charge >= 0.3 is 0 Å². The molecular weight excluding hydrogens is 344 g/mol. The quantitative estimate of drug-likeness (QED) is 0.772. The number of amides is 1. The molecule has 7 heteroatoms. The predicted molar refractivity (Wildman–Crippen MR) is 103 cm³/mol. The summed E-state index contributed by atoms with van der Waals surface area (Å²) >= 11 is 0. The van der Waals surface area contributed by atoms with E-state index >= 15 is 0 Å². The molecule has 4 rings (SSSR count). The number of rotatable bonds is 3. The number of aromatic nitrogens is 3. The molecule has 1 N–H and O–H groups in total. The largest absolute Gasteiger partial charge is 0.381 e. The number of carbonyl (C=O) groups is 1. The van der Waals surface area contributed by atoms with E-state index < -0.39 is 0 Å². The predicted octanol–water partition coefficient (Wildman–Crippen LogP) is 2.42. The Hall–Kier alpha value is -2.93. The third-order valence-corrected chi connectivity index (χ3v) is 5.12. The lowest BCUT2D eigenvalue weighted by Crippen LogP contribution is -2.22. The molecular formula is C20H22N4O3. The minimum atomic E-state index is -0.321. The summed E-state index contributed by atoms with van der Waals surface area (Å²) in [4.78, 5) is 25.1. The molecule has 0 radical (unpaired) electrons. The second kappa shape index (κ2) is 7.00. The van der Waals surface area contributed by atoms with Gasteiger partial charge in [-0.3, -0.25) is 14.3 Å². The van der Waals surface area contributed by atoms with E-state index in [2.05, 4.69) is 10.4 Å². The zero-order chi connectivity index (χ0) is 19.0. The Kier molecular flexibility index (Phi) is 4.53. The molecule has 1 aliphatic rings. The summed E-state index contributed by atoms with van der Waals surface area (Å²) in [5.74, 6) is 0.532. The zero-order valence-corrected chi connectivity index (χ0v) is 15.4. The first kappa shape index (κ1) is 17.5. The summed E-state index contributed by atoms with van der Waals surface area (Å²) in [5, 5.41) is 8.16. The van der Waals surface area contributed by atoms with Crippen LogP contribution in [-0.4, -0.2) is 33.5 Å². The molecule has 1 atom stereocenters. The van der Waals surface area contributed by atoms with Crippen LogP contribution >= 0.6 is 0 Å².